The highest BCUT2D eigenvalue weighted by molar-refractivity contribution is 7.98. The average Bonchev–Trinajstić information content (AvgIpc) is 3.05. The molecule has 3 nitrogen and oxygen atoms in total. The molecule has 0 bridgehead atoms. The van der Waals surface area contributed by atoms with Crippen LogP contribution in [0.1, 0.15) is 37.4 Å². The smallest absolute Gasteiger partial charge is 0.244 e. The quantitative estimate of drug-likeness (QED) is 0.928. The van der Waals surface area contributed by atoms with Gasteiger partial charge in [0.1, 0.15) is 12.0 Å². The summed E-state index contributed by atoms with van der Waals surface area (Å²) in [6.45, 7) is 0.704. The highest BCUT2D eigenvalue weighted by Crippen LogP contribution is 2.40. The summed E-state index contributed by atoms with van der Waals surface area (Å²) in [6.07, 6.45) is 5.81. The molecule has 1 amide bonds. The van der Waals surface area contributed by atoms with E-state index in [-0.39, 0.29) is 17.9 Å². The van der Waals surface area contributed by atoms with Gasteiger partial charge in [0.25, 0.3) is 0 Å². The number of nitrogens with zero attached hydrogens (tertiary/aromatic N) is 1. The fourth-order valence-corrected chi connectivity index (χ4v) is 3.87. The molecule has 1 spiro atoms. The molecule has 1 aromatic carbocycles. The van der Waals surface area contributed by atoms with Crippen molar-refractivity contribution in [2.24, 2.45) is 0 Å². The number of thioether (sulfide) groups is 1. The number of carbonyl (C=O) groups excluding carboxylic acids is 1. The lowest BCUT2D eigenvalue weighted by atomic mass is 9.98. The zero-order chi connectivity index (χ0) is 14.9. The number of rotatable bonds is 4. The average molecular weight is 308 g/mol. The summed E-state index contributed by atoms with van der Waals surface area (Å²) < 4.78 is 13.5. The molecule has 1 aliphatic heterocycles. The number of nitrogens with one attached hydrogen (secondary N) is 1. The second kappa shape index (κ2) is 5.97. The van der Waals surface area contributed by atoms with E-state index in [1.165, 1.54) is 12.1 Å². The predicted molar refractivity (Wildman–Crippen MR) is 83.6 cm³/mol. The number of hydrogen-bond acceptors (Lipinski definition) is 3. The zero-order valence-electron chi connectivity index (χ0n) is 12.3. The third-order valence-electron chi connectivity index (χ3n) is 4.55. The fourth-order valence-electron chi connectivity index (χ4n) is 3.49. The Morgan fingerprint density at radius 1 is 1.43 bits per heavy atom. The van der Waals surface area contributed by atoms with E-state index in [9.17, 15) is 9.18 Å². The van der Waals surface area contributed by atoms with Gasteiger partial charge in [0.05, 0.1) is 5.54 Å². The first-order valence-corrected chi connectivity index (χ1v) is 8.89. The Balaban J connectivity index is 1.91. The van der Waals surface area contributed by atoms with E-state index >= 15 is 0 Å². The summed E-state index contributed by atoms with van der Waals surface area (Å²) >= 11 is 1.73. The van der Waals surface area contributed by atoms with Crippen LogP contribution in [0.25, 0.3) is 0 Å². The third kappa shape index (κ3) is 2.69. The molecule has 0 aromatic heterocycles. The van der Waals surface area contributed by atoms with Crippen LogP contribution in [0.2, 0.25) is 0 Å². The van der Waals surface area contributed by atoms with Crippen molar-refractivity contribution in [2.45, 2.75) is 37.4 Å². The van der Waals surface area contributed by atoms with Gasteiger partial charge < -0.3 is 4.90 Å². The normalized spacial score (nSPS) is 24.2. The van der Waals surface area contributed by atoms with Crippen LogP contribution >= 0.6 is 11.8 Å². The first kappa shape index (κ1) is 14.9. The van der Waals surface area contributed by atoms with E-state index in [0.717, 1.165) is 37.0 Å². The highest BCUT2D eigenvalue weighted by Gasteiger charge is 2.52. The number of hydrogen-bond donors (Lipinski definition) is 1. The number of carbonyl (C=O) groups is 1. The van der Waals surface area contributed by atoms with Gasteiger partial charge in [-0.25, -0.2) is 4.39 Å². The second-order valence-electron chi connectivity index (χ2n) is 5.88. The standard InChI is InChI=1S/C16H21FN2OS/c1-21-10-9-19-14(12-5-4-6-13(17)11-12)18-16(15(19)20)7-2-3-8-16/h4-6,11,14,18H,2-3,7-10H2,1H3. The SMILES string of the molecule is CSCCN1C(=O)C2(CCCC2)NC1c1cccc(F)c1. The molecule has 3 rings (SSSR count). The Bertz CT molecular complexity index is 531. The van der Waals surface area contributed by atoms with E-state index in [0.29, 0.717) is 6.54 Å². The lowest BCUT2D eigenvalue weighted by Crippen LogP contribution is -2.44. The highest BCUT2D eigenvalue weighted by atomic mass is 32.2. The first-order chi connectivity index (χ1) is 10.2. The van der Waals surface area contributed by atoms with Crippen LogP contribution < -0.4 is 5.32 Å². The summed E-state index contributed by atoms with van der Waals surface area (Å²) in [4.78, 5) is 14.8. The van der Waals surface area contributed by atoms with Gasteiger partial charge in [-0.3, -0.25) is 10.1 Å². The molecule has 1 unspecified atom stereocenters. The van der Waals surface area contributed by atoms with Crippen molar-refractivity contribution in [3.8, 4) is 0 Å². The Morgan fingerprint density at radius 3 is 2.86 bits per heavy atom. The molecule has 1 N–H and O–H groups in total. The molecular weight excluding hydrogens is 287 g/mol. The Kier molecular flexibility index (Phi) is 4.22. The molecule has 1 heterocycles. The van der Waals surface area contributed by atoms with E-state index in [4.69, 9.17) is 0 Å². The van der Waals surface area contributed by atoms with Crippen LogP contribution in [0.4, 0.5) is 4.39 Å². The Morgan fingerprint density at radius 2 is 2.19 bits per heavy atom. The maximum absolute atomic E-state index is 13.5. The van der Waals surface area contributed by atoms with Crippen LogP contribution in [-0.4, -0.2) is 34.9 Å². The molecule has 1 aliphatic carbocycles. The van der Waals surface area contributed by atoms with Crippen molar-refractivity contribution in [1.82, 2.24) is 10.2 Å². The van der Waals surface area contributed by atoms with Gasteiger partial charge in [0.2, 0.25) is 5.91 Å². The van der Waals surface area contributed by atoms with Crippen LogP contribution in [0.3, 0.4) is 0 Å². The van der Waals surface area contributed by atoms with Crippen molar-refractivity contribution in [3.05, 3.63) is 35.6 Å². The fraction of sp³-hybridized carbons (Fsp3) is 0.562. The monoisotopic (exact) mass is 308 g/mol. The second-order valence-corrected chi connectivity index (χ2v) is 6.87. The third-order valence-corrected chi connectivity index (χ3v) is 5.14. The Hall–Kier alpha value is -1.07. The van der Waals surface area contributed by atoms with Gasteiger partial charge in [-0.15, -0.1) is 0 Å². The van der Waals surface area contributed by atoms with Crippen molar-refractivity contribution in [2.75, 3.05) is 18.6 Å². The molecule has 1 atom stereocenters. The maximum atomic E-state index is 13.5. The van der Waals surface area contributed by atoms with E-state index in [2.05, 4.69) is 5.32 Å². The van der Waals surface area contributed by atoms with Crippen molar-refractivity contribution in [1.29, 1.82) is 0 Å². The van der Waals surface area contributed by atoms with Crippen molar-refractivity contribution in [3.63, 3.8) is 0 Å². The van der Waals surface area contributed by atoms with Gasteiger partial charge in [-0.05, 0) is 36.8 Å². The molecule has 1 saturated heterocycles. The molecule has 2 fully saturated rings. The summed E-state index contributed by atoms with van der Waals surface area (Å²) in [6, 6.07) is 6.58. The summed E-state index contributed by atoms with van der Waals surface area (Å²) in [5.74, 6) is 0.845. The predicted octanol–water partition coefficient (Wildman–Crippen LogP) is 2.93. The van der Waals surface area contributed by atoms with E-state index in [1.54, 1.807) is 17.8 Å². The summed E-state index contributed by atoms with van der Waals surface area (Å²) in [5, 5.41) is 3.52. The van der Waals surface area contributed by atoms with Crippen LogP contribution in [-0.2, 0) is 4.79 Å². The number of benzene rings is 1. The molecule has 21 heavy (non-hydrogen) atoms. The largest absolute Gasteiger partial charge is 0.320 e. The van der Waals surface area contributed by atoms with Crippen molar-refractivity contribution >= 4 is 17.7 Å². The molecule has 2 aliphatic rings. The van der Waals surface area contributed by atoms with Gasteiger partial charge in [0, 0.05) is 12.3 Å². The number of amides is 1. The van der Waals surface area contributed by atoms with E-state index < -0.39 is 5.54 Å². The van der Waals surface area contributed by atoms with Crippen LogP contribution in [0, 0.1) is 5.82 Å². The maximum Gasteiger partial charge on any atom is 0.244 e. The van der Waals surface area contributed by atoms with Gasteiger partial charge in [-0.1, -0.05) is 25.0 Å². The molecule has 0 radical (unpaired) electrons. The van der Waals surface area contributed by atoms with Gasteiger partial charge in [-0.2, -0.15) is 11.8 Å². The Labute approximate surface area is 129 Å². The molecule has 5 heteroatoms. The number of halogens is 1. The first-order valence-electron chi connectivity index (χ1n) is 7.49. The van der Waals surface area contributed by atoms with Crippen LogP contribution in [0.15, 0.2) is 24.3 Å². The van der Waals surface area contributed by atoms with Gasteiger partial charge >= 0.3 is 0 Å². The molecule has 1 aromatic rings. The minimum atomic E-state index is -0.407. The lowest BCUT2D eigenvalue weighted by molar-refractivity contribution is -0.133. The minimum Gasteiger partial charge on any atom is -0.320 e. The molecule has 114 valence electrons. The summed E-state index contributed by atoms with van der Waals surface area (Å²) in [7, 11) is 0. The lowest BCUT2D eigenvalue weighted by Gasteiger charge is -2.24. The van der Waals surface area contributed by atoms with Crippen molar-refractivity contribution < 1.29 is 9.18 Å². The topological polar surface area (TPSA) is 32.3 Å². The van der Waals surface area contributed by atoms with Gasteiger partial charge in [0.15, 0.2) is 0 Å². The molecule has 1 saturated carbocycles. The minimum absolute atomic E-state index is 0.196. The van der Waals surface area contributed by atoms with E-state index in [1.807, 2.05) is 17.2 Å². The molecular formula is C16H21FN2OS. The summed E-state index contributed by atoms with van der Waals surface area (Å²) in [5.41, 5.74) is 0.434. The zero-order valence-corrected chi connectivity index (χ0v) is 13.1. The van der Waals surface area contributed by atoms with Crippen LogP contribution in [0.5, 0.6) is 0 Å².